The number of carbonyl (C=O) groups is 1. The molecule has 1 rings (SSSR count). The lowest BCUT2D eigenvalue weighted by atomic mass is 10.2. The third-order valence-electron chi connectivity index (χ3n) is 2.07. The van der Waals surface area contributed by atoms with Crippen molar-refractivity contribution in [2.75, 3.05) is 5.75 Å². The van der Waals surface area contributed by atoms with Gasteiger partial charge in [-0.15, -0.1) is 0 Å². The van der Waals surface area contributed by atoms with Crippen LogP contribution >= 0.6 is 11.8 Å². The van der Waals surface area contributed by atoms with Crippen molar-refractivity contribution >= 4 is 17.7 Å². The van der Waals surface area contributed by atoms with Crippen LogP contribution in [0.4, 0.5) is 4.39 Å². The topological polar surface area (TPSA) is 63.3 Å². The molecule has 0 saturated carbocycles. The molecule has 0 bridgehead atoms. The number of rotatable bonds is 6. The van der Waals surface area contributed by atoms with Gasteiger partial charge in [0.15, 0.2) is 0 Å². The van der Waals surface area contributed by atoms with Crippen LogP contribution < -0.4 is 5.73 Å². The lowest BCUT2D eigenvalue weighted by Crippen LogP contribution is -2.30. The van der Waals surface area contributed by atoms with E-state index in [2.05, 4.69) is 0 Å². The fraction of sp³-hybridized carbons (Fsp3) is 0.364. The number of halogens is 1. The van der Waals surface area contributed by atoms with Gasteiger partial charge in [-0.05, 0) is 29.9 Å². The third-order valence-corrected chi connectivity index (χ3v) is 3.13. The summed E-state index contributed by atoms with van der Waals surface area (Å²) in [5, 5.41) is 8.55. The van der Waals surface area contributed by atoms with Crippen molar-refractivity contribution in [1.82, 2.24) is 0 Å². The van der Waals surface area contributed by atoms with Crippen LogP contribution in [0.2, 0.25) is 0 Å². The van der Waals surface area contributed by atoms with Gasteiger partial charge in [-0.2, -0.15) is 11.8 Å². The molecule has 0 radical (unpaired) electrons. The van der Waals surface area contributed by atoms with Gasteiger partial charge in [0.2, 0.25) is 0 Å². The van der Waals surface area contributed by atoms with Crippen LogP contribution in [0.25, 0.3) is 0 Å². The van der Waals surface area contributed by atoms with E-state index in [1.165, 1.54) is 12.1 Å². The van der Waals surface area contributed by atoms with E-state index < -0.39 is 12.0 Å². The number of benzene rings is 1. The quantitative estimate of drug-likeness (QED) is 0.749. The van der Waals surface area contributed by atoms with E-state index in [1.54, 1.807) is 23.9 Å². The Bertz CT molecular complexity index is 342. The average molecular weight is 243 g/mol. The van der Waals surface area contributed by atoms with E-state index in [4.69, 9.17) is 10.8 Å². The summed E-state index contributed by atoms with van der Waals surface area (Å²) in [5.41, 5.74) is 6.38. The maximum atomic E-state index is 12.6. The highest BCUT2D eigenvalue weighted by Crippen LogP contribution is 2.14. The average Bonchev–Trinajstić information content (AvgIpc) is 2.26. The van der Waals surface area contributed by atoms with Gasteiger partial charge in [0, 0.05) is 5.75 Å². The predicted molar refractivity (Wildman–Crippen MR) is 62.8 cm³/mol. The number of carboxylic acid groups (broad SMARTS) is 1. The van der Waals surface area contributed by atoms with Crippen LogP contribution in [0.5, 0.6) is 0 Å². The summed E-state index contributed by atoms with van der Waals surface area (Å²) >= 11 is 1.59. The summed E-state index contributed by atoms with van der Waals surface area (Å²) in [7, 11) is 0. The smallest absolute Gasteiger partial charge is 0.320 e. The molecule has 0 aromatic heterocycles. The van der Waals surface area contributed by atoms with Crippen molar-refractivity contribution in [3.8, 4) is 0 Å². The molecule has 0 aliphatic heterocycles. The molecule has 88 valence electrons. The summed E-state index contributed by atoms with van der Waals surface area (Å²) in [6.45, 7) is 0. The molecule has 0 aliphatic rings. The maximum Gasteiger partial charge on any atom is 0.320 e. The highest BCUT2D eigenvalue weighted by atomic mass is 32.2. The molecular weight excluding hydrogens is 229 g/mol. The van der Waals surface area contributed by atoms with Crippen LogP contribution in [0.3, 0.4) is 0 Å². The second-order valence-electron chi connectivity index (χ2n) is 3.41. The zero-order valence-electron chi connectivity index (χ0n) is 8.73. The van der Waals surface area contributed by atoms with Crippen LogP contribution in [-0.4, -0.2) is 22.9 Å². The van der Waals surface area contributed by atoms with E-state index >= 15 is 0 Å². The van der Waals surface area contributed by atoms with Crippen LogP contribution in [0.15, 0.2) is 24.3 Å². The Morgan fingerprint density at radius 1 is 1.44 bits per heavy atom. The Morgan fingerprint density at radius 3 is 2.62 bits per heavy atom. The molecule has 0 amide bonds. The van der Waals surface area contributed by atoms with Crippen molar-refractivity contribution in [2.24, 2.45) is 5.73 Å². The number of hydrogen-bond acceptors (Lipinski definition) is 3. The third kappa shape index (κ3) is 4.63. The fourth-order valence-electron chi connectivity index (χ4n) is 1.10. The highest BCUT2D eigenvalue weighted by molar-refractivity contribution is 7.98. The molecule has 0 heterocycles. The molecule has 3 N–H and O–H groups in total. The molecule has 1 unspecified atom stereocenters. The number of hydrogen-bond donors (Lipinski definition) is 2. The van der Waals surface area contributed by atoms with Gasteiger partial charge in [-0.25, -0.2) is 4.39 Å². The zero-order chi connectivity index (χ0) is 12.0. The normalized spacial score (nSPS) is 12.4. The lowest BCUT2D eigenvalue weighted by molar-refractivity contribution is -0.138. The Labute approximate surface area is 97.8 Å². The molecule has 0 spiro atoms. The molecule has 0 saturated heterocycles. The zero-order valence-corrected chi connectivity index (χ0v) is 9.54. The minimum Gasteiger partial charge on any atom is -0.480 e. The summed E-state index contributed by atoms with van der Waals surface area (Å²) in [6, 6.07) is 5.48. The molecule has 5 heteroatoms. The SMILES string of the molecule is NC(CCSCc1ccc(F)cc1)C(=O)O. The summed E-state index contributed by atoms with van der Waals surface area (Å²) in [4.78, 5) is 10.4. The van der Waals surface area contributed by atoms with Crippen LogP contribution in [0.1, 0.15) is 12.0 Å². The first kappa shape index (κ1) is 13.0. The van der Waals surface area contributed by atoms with Gasteiger partial charge in [-0.3, -0.25) is 4.79 Å². The first-order chi connectivity index (χ1) is 7.59. The fourth-order valence-corrected chi connectivity index (χ4v) is 2.10. The minimum absolute atomic E-state index is 0.248. The second kappa shape index (κ2) is 6.50. The van der Waals surface area contributed by atoms with E-state index in [0.717, 1.165) is 11.3 Å². The lowest BCUT2D eigenvalue weighted by Gasteiger charge is -2.05. The van der Waals surface area contributed by atoms with Gasteiger partial charge in [0.05, 0.1) is 0 Å². The Morgan fingerprint density at radius 2 is 2.06 bits per heavy atom. The summed E-state index contributed by atoms with van der Waals surface area (Å²) < 4.78 is 12.6. The van der Waals surface area contributed by atoms with E-state index in [1.807, 2.05) is 0 Å². The van der Waals surface area contributed by atoms with Gasteiger partial charge in [0.25, 0.3) is 0 Å². The minimum atomic E-state index is -0.970. The molecule has 1 aromatic rings. The first-order valence-electron chi connectivity index (χ1n) is 4.90. The van der Waals surface area contributed by atoms with E-state index in [9.17, 15) is 9.18 Å². The van der Waals surface area contributed by atoms with Crippen molar-refractivity contribution in [1.29, 1.82) is 0 Å². The van der Waals surface area contributed by atoms with Gasteiger partial charge in [0.1, 0.15) is 11.9 Å². The first-order valence-corrected chi connectivity index (χ1v) is 6.05. The van der Waals surface area contributed by atoms with Gasteiger partial charge < -0.3 is 10.8 Å². The van der Waals surface area contributed by atoms with Gasteiger partial charge >= 0.3 is 5.97 Å². The number of aliphatic carboxylic acids is 1. The molecule has 16 heavy (non-hydrogen) atoms. The van der Waals surface area contributed by atoms with Crippen LogP contribution in [-0.2, 0) is 10.5 Å². The van der Waals surface area contributed by atoms with E-state index in [-0.39, 0.29) is 5.82 Å². The van der Waals surface area contributed by atoms with Gasteiger partial charge in [-0.1, -0.05) is 12.1 Å². The Kier molecular flexibility index (Phi) is 5.28. The van der Waals surface area contributed by atoms with Crippen molar-refractivity contribution in [3.63, 3.8) is 0 Å². The molecular formula is C11H14FNO2S. The second-order valence-corrected chi connectivity index (χ2v) is 4.52. The van der Waals surface area contributed by atoms with Crippen molar-refractivity contribution in [3.05, 3.63) is 35.6 Å². The molecule has 0 aliphatic carbocycles. The van der Waals surface area contributed by atoms with E-state index in [0.29, 0.717) is 12.2 Å². The number of carboxylic acids is 1. The standard InChI is InChI=1S/C11H14FNO2S/c12-9-3-1-8(2-4-9)7-16-6-5-10(13)11(14)15/h1-4,10H,5-7,13H2,(H,14,15). The molecule has 3 nitrogen and oxygen atoms in total. The number of thioether (sulfide) groups is 1. The molecule has 1 aromatic carbocycles. The largest absolute Gasteiger partial charge is 0.480 e. The Balaban J connectivity index is 2.21. The van der Waals surface area contributed by atoms with Crippen molar-refractivity contribution < 1.29 is 14.3 Å². The van der Waals surface area contributed by atoms with Crippen molar-refractivity contribution in [2.45, 2.75) is 18.2 Å². The monoisotopic (exact) mass is 243 g/mol. The predicted octanol–water partition coefficient (Wildman–Crippen LogP) is 1.86. The van der Waals surface area contributed by atoms with Crippen LogP contribution in [0, 0.1) is 5.82 Å². The molecule has 1 atom stereocenters. The molecule has 0 fully saturated rings. The maximum absolute atomic E-state index is 12.6. The summed E-state index contributed by atoms with van der Waals surface area (Å²) in [6.07, 6.45) is 0.446. The summed E-state index contributed by atoms with van der Waals surface area (Å²) in [5.74, 6) is 0.210. The number of nitrogens with two attached hydrogens (primary N) is 1. The Hall–Kier alpha value is -1.07. The highest BCUT2D eigenvalue weighted by Gasteiger charge is 2.10.